The number of hydrogen-bond donors (Lipinski definition) is 1. The van der Waals surface area contributed by atoms with E-state index >= 15 is 0 Å². The molecule has 3 aromatic rings. The Morgan fingerprint density at radius 1 is 1.09 bits per heavy atom. The molecule has 8 heteroatoms. The summed E-state index contributed by atoms with van der Waals surface area (Å²) in [5.74, 6) is 8.46. The number of rotatable bonds is 6. The molecule has 2 N–H and O–H groups in total. The van der Waals surface area contributed by atoms with Crippen molar-refractivity contribution in [1.29, 1.82) is 0 Å². The van der Waals surface area contributed by atoms with Crippen molar-refractivity contribution >= 4 is 17.9 Å². The molecule has 2 aromatic carbocycles. The summed E-state index contributed by atoms with van der Waals surface area (Å²) in [7, 11) is 1.59. The third kappa shape index (κ3) is 4.11. The first-order valence-electron chi connectivity index (χ1n) is 10.4. The Bertz CT molecular complexity index is 1120. The summed E-state index contributed by atoms with van der Waals surface area (Å²) in [5, 5.41) is 0.0564. The number of carbonyl (C=O) groups is 1. The molecule has 32 heavy (non-hydrogen) atoms. The highest BCUT2D eigenvalue weighted by molar-refractivity contribution is 7.98. The average Bonchev–Trinajstić information content (AvgIpc) is 3.38. The molecule has 164 valence electrons. The van der Waals surface area contributed by atoms with Crippen LogP contribution in [0, 0.1) is 0 Å². The molecule has 1 saturated heterocycles. The summed E-state index contributed by atoms with van der Waals surface area (Å²) in [6.07, 6.45) is 3.81. The van der Waals surface area contributed by atoms with Gasteiger partial charge in [-0.1, -0.05) is 24.3 Å². The Kier molecular flexibility index (Phi) is 5.63. The summed E-state index contributed by atoms with van der Waals surface area (Å²) < 4.78 is 18.7. The molecule has 0 radical (unpaired) electrons. The molecule has 0 spiro atoms. The first-order chi connectivity index (χ1) is 15.6. The molecule has 7 nitrogen and oxygen atoms in total. The van der Waals surface area contributed by atoms with E-state index < -0.39 is 0 Å². The number of aromatic nitrogens is 1. The summed E-state index contributed by atoms with van der Waals surface area (Å²) in [4.78, 5) is 15.9. The third-order valence-corrected chi connectivity index (χ3v) is 6.82. The fraction of sp³-hybridized carbons (Fsp3) is 0.250. The second kappa shape index (κ2) is 8.72. The van der Waals surface area contributed by atoms with Gasteiger partial charge in [-0.05, 0) is 60.2 Å². The largest absolute Gasteiger partial charge is 0.486 e. The molecule has 1 aromatic heterocycles. The lowest BCUT2D eigenvalue weighted by atomic mass is 10.1. The molecule has 2 atom stereocenters. The van der Waals surface area contributed by atoms with Gasteiger partial charge >= 0.3 is 0 Å². The van der Waals surface area contributed by atoms with Gasteiger partial charge in [-0.15, -0.1) is 0 Å². The van der Waals surface area contributed by atoms with Crippen LogP contribution < -0.4 is 20.1 Å². The van der Waals surface area contributed by atoms with E-state index in [9.17, 15) is 4.79 Å². The van der Waals surface area contributed by atoms with Crippen molar-refractivity contribution in [3.8, 4) is 23.1 Å². The molecule has 2 aliphatic rings. The lowest BCUT2D eigenvalue weighted by molar-refractivity contribution is -0.125. The molecule has 1 aliphatic carbocycles. The number of methoxy groups -OCH3 is 1. The van der Waals surface area contributed by atoms with E-state index in [0.29, 0.717) is 18.1 Å². The topological polar surface area (TPSA) is 86.9 Å². The van der Waals surface area contributed by atoms with Crippen LogP contribution in [0.4, 0.5) is 0 Å². The number of carbonyl (C=O) groups excluding carboxylic acids is 1. The highest BCUT2D eigenvalue weighted by atomic mass is 32.2. The number of benzene rings is 2. The van der Waals surface area contributed by atoms with Gasteiger partial charge in [0, 0.05) is 18.1 Å². The van der Waals surface area contributed by atoms with Crippen LogP contribution >= 0.6 is 11.9 Å². The maximum Gasteiger partial charge on any atom is 0.248 e. The van der Waals surface area contributed by atoms with E-state index in [1.54, 1.807) is 19.4 Å². The highest BCUT2D eigenvalue weighted by Crippen LogP contribution is 2.42. The van der Waals surface area contributed by atoms with E-state index in [4.69, 9.17) is 20.1 Å². The first-order valence-corrected chi connectivity index (χ1v) is 11.2. The maximum atomic E-state index is 11.7. The van der Waals surface area contributed by atoms with Gasteiger partial charge in [0.25, 0.3) is 0 Å². The van der Waals surface area contributed by atoms with Crippen LogP contribution in [0.3, 0.4) is 0 Å². The number of hydrazine groups is 1. The standard InChI is InChI=1S/C24H23N3O4S/c1-29-23-12-9-17(14-26-23)31-20-4-2-3-18-19(20)10-11-21(18)30-16-7-5-15(6-8-16)22-13-24(28)27(25)32-22/h2-9,12,14,21-22H,10-11,13,25H2,1H3/t21-,22?/m1/s1. The number of ether oxygens (including phenoxy) is 3. The van der Waals surface area contributed by atoms with E-state index in [1.165, 1.54) is 16.4 Å². The van der Waals surface area contributed by atoms with Gasteiger partial charge in [0.15, 0.2) is 0 Å². The van der Waals surface area contributed by atoms with E-state index in [-0.39, 0.29) is 17.3 Å². The predicted molar refractivity (Wildman–Crippen MR) is 121 cm³/mol. The minimum absolute atomic E-state index is 0.0321. The van der Waals surface area contributed by atoms with Crippen LogP contribution in [0.25, 0.3) is 0 Å². The Labute approximate surface area is 190 Å². The predicted octanol–water partition coefficient (Wildman–Crippen LogP) is 4.74. The van der Waals surface area contributed by atoms with Gasteiger partial charge < -0.3 is 14.2 Å². The molecule has 1 fully saturated rings. The number of amides is 1. The normalized spacial score (nSPS) is 19.7. The van der Waals surface area contributed by atoms with Crippen LogP contribution in [0.2, 0.25) is 0 Å². The zero-order valence-electron chi connectivity index (χ0n) is 17.6. The van der Waals surface area contributed by atoms with Crippen LogP contribution in [-0.4, -0.2) is 22.4 Å². The molecule has 0 saturated carbocycles. The minimum Gasteiger partial charge on any atom is -0.486 e. The van der Waals surface area contributed by atoms with Gasteiger partial charge in [-0.25, -0.2) is 15.2 Å². The van der Waals surface area contributed by atoms with Gasteiger partial charge in [0.05, 0.1) is 18.6 Å². The summed E-state index contributed by atoms with van der Waals surface area (Å²) >= 11 is 1.36. The Hall–Kier alpha value is -3.23. The van der Waals surface area contributed by atoms with Gasteiger partial charge in [0.1, 0.15) is 23.4 Å². The summed E-state index contributed by atoms with van der Waals surface area (Å²) in [6, 6.07) is 17.6. The van der Waals surface area contributed by atoms with Crippen LogP contribution in [0.15, 0.2) is 60.8 Å². The number of nitrogens with two attached hydrogens (primary N) is 1. The molecule has 2 heterocycles. The molecule has 1 aliphatic heterocycles. The Morgan fingerprint density at radius 2 is 1.91 bits per heavy atom. The van der Waals surface area contributed by atoms with Crippen molar-refractivity contribution in [2.75, 3.05) is 7.11 Å². The summed E-state index contributed by atoms with van der Waals surface area (Å²) in [5.41, 5.74) is 3.37. The lowest BCUT2D eigenvalue weighted by Crippen LogP contribution is -2.24. The van der Waals surface area contributed by atoms with E-state index in [2.05, 4.69) is 11.1 Å². The van der Waals surface area contributed by atoms with Crippen LogP contribution in [0.5, 0.6) is 23.1 Å². The van der Waals surface area contributed by atoms with Crippen molar-refractivity contribution in [2.24, 2.45) is 5.84 Å². The molecular formula is C24H23N3O4S. The number of fused-ring (bicyclic) bond motifs is 1. The Morgan fingerprint density at radius 3 is 2.59 bits per heavy atom. The van der Waals surface area contributed by atoms with Gasteiger partial charge in [-0.2, -0.15) is 0 Å². The maximum absolute atomic E-state index is 11.7. The fourth-order valence-corrected chi connectivity index (χ4v) is 5.02. The molecule has 0 bridgehead atoms. The highest BCUT2D eigenvalue weighted by Gasteiger charge is 2.30. The van der Waals surface area contributed by atoms with Crippen molar-refractivity contribution in [1.82, 2.24) is 9.40 Å². The second-order valence-corrected chi connectivity index (χ2v) is 8.87. The van der Waals surface area contributed by atoms with Crippen LogP contribution in [0.1, 0.15) is 40.9 Å². The number of pyridine rings is 1. The lowest BCUT2D eigenvalue weighted by Gasteiger charge is -2.17. The monoisotopic (exact) mass is 449 g/mol. The van der Waals surface area contributed by atoms with Crippen molar-refractivity contribution in [3.05, 3.63) is 77.5 Å². The minimum atomic E-state index is -0.0497. The van der Waals surface area contributed by atoms with E-state index in [1.807, 2.05) is 42.5 Å². The summed E-state index contributed by atoms with van der Waals surface area (Å²) in [6.45, 7) is 0. The Balaban J connectivity index is 1.28. The van der Waals surface area contributed by atoms with Crippen LogP contribution in [-0.2, 0) is 11.2 Å². The smallest absolute Gasteiger partial charge is 0.248 e. The quantitative estimate of drug-likeness (QED) is 0.330. The van der Waals surface area contributed by atoms with Gasteiger partial charge in [-0.3, -0.25) is 4.79 Å². The molecule has 5 rings (SSSR count). The number of hydrogen-bond acceptors (Lipinski definition) is 7. The second-order valence-electron chi connectivity index (χ2n) is 7.69. The van der Waals surface area contributed by atoms with Crippen molar-refractivity contribution < 1.29 is 19.0 Å². The van der Waals surface area contributed by atoms with Gasteiger partial charge in [0.2, 0.25) is 11.8 Å². The zero-order valence-corrected chi connectivity index (χ0v) is 18.4. The molecule has 1 amide bonds. The fourth-order valence-electron chi connectivity index (χ4n) is 4.06. The van der Waals surface area contributed by atoms with E-state index in [0.717, 1.165) is 41.0 Å². The number of nitrogens with zero attached hydrogens (tertiary/aromatic N) is 2. The zero-order chi connectivity index (χ0) is 22.1. The first kappa shape index (κ1) is 20.7. The molecular weight excluding hydrogens is 426 g/mol. The molecule has 1 unspecified atom stereocenters. The van der Waals surface area contributed by atoms with Crippen molar-refractivity contribution in [3.63, 3.8) is 0 Å². The third-order valence-electron chi connectivity index (χ3n) is 5.70. The van der Waals surface area contributed by atoms with Crippen molar-refractivity contribution in [2.45, 2.75) is 30.6 Å². The average molecular weight is 450 g/mol. The SMILES string of the molecule is COc1ccc(Oc2cccc3c2CC[C@H]3Oc2ccc(C3CC(=O)N(N)S3)cc2)cn1.